The molecule has 336 valence electrons. The van der Waals surface area contributed by atoms with Gasteiger partial charge in [-0.15, -0.1) is 0 Å². The first-order valence-corrected chi connectivity index (χ1v) is 22.6. The van der Waals surface area contributed by atoms with E-state index in [2.05, 4.69) is 35.1 Å². The molecule has 6 heterocycles. The van der Waals surface area contributed by atoms with Gasteiger partial charge in [0.1, 0.15) is 11.9 Å². The molecule has 0 saturated carbocycles. The van der Waals surface area contributed by atoms with Gasteiger partial charge in [0.15, 0.2) is 0 Å². The van der Waals surface area contributed by atoms with Crippen molar-refractivity contribution in [2.45, 2.75) is 43.6 Å². The summed E-state index contributed by atoms with van der Waals surface area (Å²) in [5.41, 5.74) is 2.63. The second kappa shape index (κ2) is 16.6. The van der Waals surface area contributed by atoms with Gasteiger partial charge >= 0.3 is 12.1 Å². The number of fused-ring (bicyclic) bond motifs is 2. The SMILES string of the molecule is CS(=O)(=O)N(OC(=O)C(F)(F)F)c1ccc(CCNc2nc(N3CC(N4CCN(C5CN(c6ccc7c(c6)C(=O)N(C6CCC(=O)NC6=O)C7=O)C5)CC4)C3)nc3ccccc23)cc1. The summed E-state index contributed by atoms with van der Waals surface area (Å²) < 4.78 is 62.5. The molecule has 1 unspecified atom stereocenters. The molecule has 3 aromatic carbocycles. The number of nitrogens with one attached hydrogen (secondary N) is 2. The Bertz CT molecular complexity index is 2650. The number of hydrogen-bond acceptors (Lipinski definition) is 15. The van der Waals surface area contributed by atoms with Gasteiger partial charge in [0.05, 0.1) is 28.6 Å². The number of anilines is 4. The van der Waals surface area contributed by atoms with Crippen molar-refractivity contribution in [3.8, 4) is 0 Å². The molecule has 4 fully saturated rings. The Hall–Kier alpha value is -6.39. The molecule has 1 aromatic heterocycles. The van der Waals surface area contributed by atoms with Crippen LogP contribution in [0.15, 0.2) is 66.7 Å². The van der Waals surface area contributed by atoms with Gasteiger partial charge in [-0.3, -0.25) is 39.2 Å². The predicted molar refractivity (Wildman–Crippen MR) is 226 cm³/mol. The van der Waals surface area contributed by atoms with E-state index in [9.17, 15) is 45.6 Å². The van der Waals surface area contributed by atoms with Crippen molar-refractivity contribution in [2.75, 3.05) is 84.7 Å². The van der Waals surface area contributed by atoms with Gasteiger partial charge in [-0.1, -0.05) is 28.7 Å². The maximum Gasteiger partial charge on any atom is 0.493 e. The molecule has 4 amide bonds. The molecule has 5 aliphatic rings. The normalized spacial score (nSPS) is 20.2. The van der Waals surface area contributed by atoms with E-state index in [0.29, 0.717) is 43.1 Å². The first kappa shape index (κ1) is 42.9. The zero-order chi connectivity index (χ0) is 45.1. The van der Waals surface area contributed by atoms with Crippen LogP contribution < -0.4 is 24.9 Å². The number of piperidine rings is 1. The second-order valence-corrected chi connectivity index (χ2v) is 18.3. The minimum absolute atomic E-state index is 0.0541. The van der Waals surface area contributed by atoms with Crippen molar-refractivity contribution in [1.82, 2.24) is 30.0 Å². The van der Waals surface area contributed by atoms with Crippen LogP contribution >= 0.6 is 0 Å². The highest BCUT2D eigenvalue weighted by atomic mass is 32.2. The quantitative estimate of drug-likeness (QED) is 0.155. The molecule has 0 spiro atoms. The van der Waals surface area contributed by atoms with Crippen molar-refractivity contribution in [3.63, 3.8) is 0 Å². The summed E-state index contributed by atoms with van der Waals surface area (Å²) in [7, 11) is -4.38. The Morgan fingerprint density at radius 3 is 2.14 bits per heavy atom. The van der Waals surface area contributed by atoms with Crippen molar-refractivity contribution in [2.24, 2.45) is 0 Å². The van der Waals surface area contributed by atoms with E-state index >= 15 is 0 Å². The van der Waals surface area contributed by atoms with Gasteiger partial charge in [-0.25, -0.2) is 18.2 Å². The fraction of sp³-hybridized carbons (Fsp3) is 0.405. The van der Waals surface area contributed by atoms with Gasteiger partial charge in [-0.05, 0) is 60.9 Å². The Balaban J connectivity index is 0.752. The van der Waals surface area contributed by atoms with Crippen LogP contribution in [0.25, 0.3) is 10.9 Å². The predicted octanol–water partition coefficient (Wildman–Crippen LogP) is 2.17. The van der Waals surface area contributed by atoms with Gasteiger partial charge in [0.2, 0.25) is 17.8 Å². The third-order valence-corrected chi connectivity index (χ3v) is 13.2. The minimum Gasteiger partial charge on any atom is -0.369 e. The van der Waals surface area contributed by atoms with E-state index in [0.717, 1.165) is 79.4 Å². The van der Waals surface area contributed by atoms with Crippen molar-refractivity contribution in [3.05, 3.63) is 83.4 Å². The topological polar surface area (TPSA) is 198 Å². The molecule has 0 bridgehead atoms. The van der Waals surface area contributed by atoms with Gasteiger partial charge in [0.25, 0.3) is 21.8 Å². The molecule has 9 rings (SSSR count). The second-order valence-electron chi connectivity index (χ2n) is 16.5. The zero-order valence-electron chi connectivity index (χ0n) is 34.5. The number of hydrogen-bond donors (Lipinski definition) is 2. The molecule has 1 atom stereocenters. The molecular formula is C42H43F3N10O8S. The Morgan fingerprint density at radius 1 is 0.859 bits per heavy atom. The van der Waals surface area contributed by atoms with Crippen LogP contribution in [0, 0.1) is 0 Å². The van der Waals surface area contributed by atoms with E-state index < -0.39 is 51.8 Å². The average molecular weight is 905 g/mol. The number of sulfonamides is 1. The van der Waals surface area contributed by atoms with Crippen LogP contribution in [0.3, 0.4) is 0 Å². The number of imide groups is 2. The standard InChI is InChI=1S/C42H43F3N10O8S/c1-64(61,62)55(63-40(60)42(43,44)45)26-8-6-25(7-9-26)14-15-46-36-31-4-2-3-5-33(31)47-41(49-36)53-23-29(24-53)51-18-16-50(17-19-51)28-21-52(22-28)27-10-11-30-32(20-27)39(59)54(38(30)58)34-12-13-35(56)48-37(34)57/h2-11,20,28-29,34H,12-19,21-24H2,1H3,(H,46,47,49)(H,48,56,57). The monoisotopic (exact) mass is 904 g/mol. The number of aromatic nitrogens is 2. The number of carbonyl (C=O) groups is 5. The summed E-state index contributed by atoms with van der Waals surface area (Å²) in [5.74, 6) is -3.50. The molecule has 2 N–H and O–H groups in total. The maximum absolute atomic E-state index is 13.3. The number of piperazine rings is 1. The summed E-state index contributed by atoms with van der Waals surface area (Å²) in [5, 5.41) is 6.43. The number of para-hydroxylation sites is 1. The first-order chi connectivity index (χ1) is 30.5. The van der Waals surface area contributed by atoms with Crippen LogP contribution in [-0.2, 0) is 35.7 Å². The summed E-state index contributed by atoms with van der Waals surface area (Å²) >= 11 is 0. The fourth-order valence-corrected chi connectivity index (χ4v) is 9.47. The van der Waals surface area contributed by atoms with E-state index in [1.165, 1.54) is 24.3 Å². The lowest BCUT2D eigenvalue weighted by Gasteiger charge is -2.52. The lowest BCUT2D eigenvalue weighted by molar-refractivity contribution is -0.199. The van der Waals surface area contributed by atoms with Crippen LogP contribution in [-0.4, -0.2) is 152 Å². The molecule has 5 aliphatic heterocycles. The molecule has 0 aliphatic carbocycles. The highest BCUT2D eigenvalue weighted by molar-refractivity contribution is 7.91. The first-order valence-electron chi connectivity index (χ1n) is 20.7. The summed E-state index contributed by atoms with van der Waals surface area (Å²) in [6.07, 6.45) is -4.12. The number of alkyl halides is 3. The number of benzene rings is 3. The molecule has 4 aromatic rings. The van der Waals surface area contributed by atoms with Gasteiger partial charge < -0.3 is 20.0 Å². The number of carbonyl (C=O) groups excluding carboxylic acids is 5. The zero-order valence-corrected chi connectivity index (χ0v) is 35.3. The van der Waals surface area contributed by atoms with Gasteiger partial charge in [-0.2, -0.15) is 18.2 Å². The third kappa shape index (κ3) is 8.39. The summed E-state index contributed by atoms with van der Waals surface area (Å²) in [4.78, 5) is 86.1. The molecule has 0 radical (unpaired) electrons. The third-order valence-electron chi connectivity index (χ3n) is 12.3. The highest BCUT2D eigenvalue weighted by Crippen LogP contribution is 2.34. The maximum atomic E-state index is 13.3. The highest BCUT2D eigenvalue weighted by Gasteiger charge is 2.46. The molecule has 64 heavy (non-hydrogen) atoms. The van der Waals surface area contributed by atoms with Crippen molar-refractivity contribution in [1.29, 1.82) is 0 Å². The lowest BCUT2D eigenvalue weighted by Crippen LogP contribution is -2.67. The lowest BCUT2D eigenvalue weighted by atomic mass is 10.0. The van der Waals surface area contributed by atoms with E-state index in [1.54, 1.807) is 12.1 Å². The number of halogens is 3. The summed E-state index contributed by atoms with van der Waals surface area (Å²) in [6, 6.07) is 18.1. The van der Waals surface area contributed by atoms with Crippen LogP contribution in [0.1, 0.15) is 39.1 Å². The van der Waals surface area contributed by atoms with Crippen LogP contribution in [0.2, 0.25) is 0 Å². The van der Waals surface area contributed by atoms with Crippen molar-refractivity contribution >= 4 is 73.7 Å². The molecular weight excluding hydrogens is 862 g/mol. The average Bonchev–Trinajstić information content (AvgIpc) is 3.46. The molecule has 4 saturated heterocycles. The largest absolute Gasteiger partial charge is 0.493 e. The number of rotatable bonds is 12. The van der Waals surface area contributed by atoms with Crippen LogP contribution in [0.5, 0.6) is 0 Å². The molecule has 22 heteroatoms. The van der Waals surface area contributed by atoms with Gasteiger partial charge in [0, 0.05) is 88.5 Å². The number of amides is 4. The van der Waals surface area contributed by atoms with E-state index in [-0.39, 0.29) is 34.1 Å². The smallest absolute Gasteiger partial charge is 0.369 e. The number of nitrogens with zero attached hydrogens (tertiary/aromatic N) is 8. The molecule has 18 nitrogen and oxygen atoms in total. The Kier molecular flexibility index (Phi) is 11.1. The Morgan fingerprint density at radius 2 is 1.50 bits per heavy atom. The minimum atomic E-state index is -5.38. The Labute approximate surface area is 364 Å². The van der Waals surface area contributed by atoms with Crippen molar-refractivity contribution < 1.29 is 50.4 Å². The van der Waals surface area contributed by atoms with Crippen LogP contribution in [0.4, 0.5) is 36.3 Å². The van der Waals surface area contributed by atoms with E-state index in [4.69, 9.17) is 9.97 Å². The summed E-state index contributed by atoms with van der Waals surface area (Å²) in [6.45, 7) is 7.19. The fourth-order valence-electron chi connectivity index (χ4n) is 8.76. The van der Waals surface area contributed by atoms with E-state index in [1.807, 2.05) is 30.3 Å².